The molecule has 1 aliphatic heterocycles. The van der Waals surface area contributed by atoms with Crippen LogP contribution in [0.4, 0.5) is 9.39 Å². The van der Waals surface area contributed by atoms with Crippen molar-refractivity contribution in [3.05, 3.63) is 124 Å². The Morgan fingerprint density at radius 3 is 2.27 bits per heavy atom. The molecular formula is C32H33FN2OS. The molecule has 5 rings (SSSR count). The second kappa shape index (κ2) is 11.8. The van der Waals surface area contributed by atoms with Crippen LogP contribution < -0.4 is 5.32 Å². The zero-order chi connectivity index (χ0) is 25.6. The Morgan fingerprint density at radius 2 is 1.62 bits per heavy atom. The van der Waals surface area contributed by atoms with Crippen molar-refractivity contribution in [2.24, 2.45) is 5.92 Å². The van der Waals surface area contributed by atoms with E-state index in [-0.39, 0.29) is 17.8 Å². The third-order valence-corrected chi connectivity index (χ3v) is 8.50. The van der Waals surface area contributed by atoms with Crippen LogP contribution in [0.1, 0.15) is 57.7 Å². The van der Waals surface area contributed by atoms with Gasteiger partial charge in [0.25, 0.3) is 5.91 Å². The number of rotatable bonds is 8. The first kappa shape index (κ1) is 25.4. The van der Waals surface area contributed by atoms with Crippen molar-refractivity contribution in [2.45, 2.75) is 38.6 Å². The number of halogens is 1. The summed E-state index contributed by atoms with van der Waals surface area (Å²) in [5.74, 6) is 0.311. The molecule has 0 spiro atoms. The third-order valence-electron chi connectivity index (χ3n) is 7.29. The van der Waals surface area contributed by atoms with E-state index in [0.717, 1.165) is 54.9 Å². The van der Waals surface area contributed by atoms with E-state index in [1.807, 2.05) is 42.5 Å². The summed E-state index contributed by atoms with van der Waals surface area (Å²) in [5.41, 5.74) is 4.19. The number of hydrogen-bond donors (Lipinski definition) is 1. The molecule has 0 bridgehead atoms. The third kappa shape index (κ3) is 6.17. The molecule has 5 heteroatoms. The van der Waals surface area contributed by atoms with Crippen molar-refractivity contribution >= 4 is 22.2 Å². The highest BCUT2D eigenvalue weighted by atomic mass is 32.1. The van der Waals surface area contributed by atoms with Gasteiger partial charge in [0, 0.05) is 16.0 Å². The zero-order valence-corrected chi connectivity index (χ0v) is 22.0. The van der Waals surface area contributed by atoms with Gasteiger partial charge in [-0.25, -0.2) is 4.39 Å². The molecule has 3 aromatic carbocycles. The van der Waals surface area contributed by atoms with Crippen LogP contribution in [0.25, 0.3) is 0 Å². The molecular weight excluding hydrogens is 479 g/mol. The van der Waals surface area contributed by atoms with Gasteiger partial charge in [-0.05, 0) is 86.1 Å². The van der Waals surface area contributed by atoms with Crippen LogP contribution in [-0.2, 0) is 12.8 Å². The molecule has 1 atom stereocenters. The number of carbonyl (C=O) groups is 1. The number of amides is 1. The predicted octanol–water partition coefficient (Wildman–Crippen LogP) is 7.75. The van der Waals surface area contributed by atoms with Crippen LogP contribution in [0.2, 0.25) is 0 Å². The van der Waals surface area contributed by atoms with Gasteiger partial charge >= 0.3 is 0 Å². The van der Waals surface area contributed by atoms with Crippen LogP contribution in [0.5, 0.6) is 0 Å². The molecule has 0 unspecified atom stereocenters. The Kier molecular flexibility index (Phi) is 8.12. The molecule has 0 aliphatic carbocycles. The normalized spacial score (nSPS) is 15.4. The maximum absolute atomic E-state index is 13.9. The molecule has 0 saturated carbocycles. The number of piperidine rings is 1. The van der Waals surface area contributed by atoms with Crippen molar-refractivity contribution in [3.63, 3.8) is 0 Å². The van der Waals surface area contributed by atoms with Gasteiger partial charge in [-0.3, -0.25) is 9.69 Å². The van der Waals surface area contributed by atoms with E-state index in [1.54, 1.807) is 23.5 Å². The zero-order valence-electron chi connectivity index (χ0n) is 21.2. The van der Waals surface area contributed by atoms with Gasteiger partial charge in [0.2, 0.25) is 0 Å². The summed E-state index contributed by atoms with van der Waals surface area (Å²) in [6, 6.07) is 29.1. The van der Waals surface area contributed by atoms with E-state index < -0.39 is 0 Å². The molecule has 1 fully saturated rings. The maximum atomic E-state index is 13.9. The van der Waals surface area contributed by atoms with Crippen molar-refractivity contribution < 1.29 is 9.18 Å². The number of benzene rings is 3. The maximum Gasteiger partial charge on any atom is 0.256 e. The lowest BCUT2D eigenvalue weighted by molar-refractivity contribution is 0.102. The summed E-state index contributed by atoms with van der Waals surface area (Å²) in [5, 5.41) is 4.08. The fourth-order valence-corrected chi connectivity index (χ4v) is 6.32. The van der Waals surface area contributed by atoms with Gasteiger partial charge in [0.05, 0.1) is 6.04 Å². The first-order valence-corrected chi connectivity index (χ1v) is 13.9. The topological polar surface area (TPSA) is 32.3 Å². The van der Waals surface area contributed by atoms with Gasteiger partial charge in [-0.2, -0.15) is 0 Å². The largest absolute Gasteiger partial charge is 0.313 e. The highest BCUT2D eigenvalue weighted by Gasteiger charge is 2.30. The summed E-state index contributed by atoms with van der Waals surface area (Å²) >= 11 is 1.64. The van der Waals surface area contributed by atoms with Crippen LogP contribution >= 0.6 is 11.3 Å². The van der Waals surface area contributed by atoms with Crippen LogP contribution in [0.3, 0.4) is 0 Å². The van der Waals surface area contributed by atoms with Gasteiger partial charge in [0.15, 0.2) is 0 Å². The second-order valence-corrected chi connectivity index (χ2v) is 10.9. The van der Waals surface area contributed by atoms with Crippen LogP contribution in [-0.4, -0.2) is 23.9 Å². The molecule has 1 saturated heterocycles. The Balaban J connectivity index is 1.42. The average Bonchev–Trinajstić information content (AvgIpc) is 3.34. The molecule has 1 N–H and O–H groups in total. The molecule has 1 aromatic heterocycles. The van der Waals surface area contributed by atoms with E-state index in [0.29, 0.717) is 11.5 Å². The monoisotopic (exact) mass is 512 g/mol. The highest BCUT2D eigenvalue weighted by molar-refractivity contribution is 7.16. The smallest absolute Gasteiger partial charge is 0.256 e. The number of nitrogens with one attached hydrogen (secondary N) is 1. The number of likely N-dealkylation sites (tertiary alicyclic amines) is 1. The average molecular weight is 513 g/mol. The van der Waals surface area contributed by atoms with E-state index in [9.17, 15) is 9.18 Å². The summed E-state index contributed by atoms with van der Waals surface area (Å²) in [4.78, 5) is 16.8. The first-order valence-electron chi connectivity index (χ1n) is 13.1. The minimum Gasteiger partial charge on any atom is -0.313 e. The van der Waals surface area contributed by atoms with Gasteiger partial charge < -0.3 is 5.32 Å². The summed E-state index contributed by atoms with van der Waals surface area (Å²) in [7, 11) is 0. The standard InChI is InChI=1S/C32H33FN2OS/c1-2-28-22-29(32(37-28)34-31(36)26-11-7-4-8-12-26)30(25-13-15-27(33)16-14-25)35-19-17-24(18-20-35)21-23-9-5-3-6-10-23/h3-16,22,24,30H,2,17-21H2,1H3,(H,34,36)/t30-/m0/s1. The molecule has 190 valence electrons. The fraction of sp³-hybridized carbons (Fsp3) is 0.281. The predicted molar refractivity (Wildman–Crippen MR) is 151 cm³/mol. The van der Waals surface area contributed by atoms with Crippen molar-refractivity contribution in [1.82, 2.24) is 4.90 Å². The minimum atomic E-state index is -0.235. The van der Waals surface area contributed by atoms with Crippen molar-refractivity contribution in [2.75, 3.05) is 18.4 Å². The molecule has 3 nitrogen and oxygen atoms in total. The molecule has 1 aliphatic rings. The van der Waals surface area contributed by atoms with Crippen molar-refractivity contribution in [3.8, 4) is 0 Å². The molecule has 37 heavy (non-hydrogen) atoms. The summed E-state index contributed by atoms with van der Waals surface area (Å²) < 4.78 is 13.9. The Labute approximate surface area is 223 Å². The molecule has 1 amide bonds. The Hall–Kier alpha value is -3.28. The second-order valence-electron chi connectivity index (χ2n) is 9.79. The summed E-state index contributed by atoms with van der Waals surface area (Å²) in [6.45, 7) is 4.06. The lowest BCUT2D eigenvalue weighted by Crippen LogP contribution is -2.38. The Morgan fingerprint density at radius 1 is 0.973 bits per heavy atom. The van der Waals surface area contributed by atoms with Crippen LogP contribution in [0.15, 0.2) is 91.0 Å². The van der Waals surface area contributed by atoms with E-state index in [4.69, 9.17) is 0 Å². The quantitative estimate of drug-likeness (QED) is 0.262. The number of hydrogen-bond acceptors (Lipinski definition) is 3. The van der Waals surface area contributed by atoms with Gasteiger partial charge in [-0.1, -0.05) is 67.6 Å². The number of anilines is 1. The van der Waals surface area contributed by atoms with Crippen molar-refractivity contribution in [1.29, 1.82) is 0 Å². The fourth-order valence-electron chi connectivity index (χ4n) is 5.29. The van der Waals surface area contributed by atoms with E-state index >= 15 is 0 Å². The molecule has 2 heterocycles. The van der Waals surface area contributed by atoms with E-state index in [2.05, 4.69) is 53.5 Å². The number of aryl methyl sites for hydroxylation is 1. The first-order chi connectivity index (χ1) is 18.1. The molecule has 4 aromatic rings. The number of carbonyl (C=O) groups excluding carboxylic acids is 1. The summed E-state index contributed by atoms with van der Waals surface area (Å²) in [6.07, 6.45) is 4.23. The van der Waals surface area contributed by atoms with E-state index in [1.165, 1.54) is 10.4 Å². The minimum absolute atomic E-state index is 0.0408. The van der Waals surface area contributed by atoms with Gasteiger partial charge in [-0.15, -0.1) is 11.3 Å². The Bertz CT molecular complexity index is 1300. The SMILES string of the molecule is CCc1cc([C@H](c2ccc(F)cc2)N2CCC(Cc3ccccc3)CC2)c(NC(=O)c2ccccc2)s1. The number of nitrogens with zero attached hydrogens (tertiary/aromatic N) is 1. The van der Waals surface area contributed by atoms with Gasteiger partial charge in [0.1, 0.15) is 10.8 Å². The highest BCUT2D eigenvalue weighted by Crippen LogP contribution is 2.41. The lowest BCUT2D eigenvalue weighted by Gasteiger charge is -2.38. The number of thiophene rings is 1. The lowest BCUT2D eigenvalue weighted by atomic mass is 9.88. The van der Waals surface area contributed by atoms with Crippen LogP contribution in [0, 0.1) is 11.7 Å². The molecule has 0 radical (unpaired) electrons.